The highest BCUT2D eigenvalue weighted by Crippen LogP contribution is 2.19. The molecule has 0 aliphatic carbocycles. The molecule has 0 spiro atoms. The van der Waals surface area contributed by atoms with E-state index in [4.69, 9.17) is 0 Å². The molecule has 1 saturated heterocycles. The van der Waals surface area contributed by atoms with Crippen LogP contribution in [0.25, 0.3) is 0 Å². The van der Waals surface area contributed by atoms with Gasteiger partial charge in [-0.1, -0.05) is 48.5 Å². The van der Waals surface area contributed by atoms with E-state index in [2.05, 4.69) is 34.5 Å². The van der Waals surface area contributed by atoms with Gasteiger partial charge < -0.3 is 5.32 Å². The van der Waals surface area contributed by atoms with E-state index in [1.54, 1.807) is 30.3 Å². The zero-order valence-corrected chi connectivity index (χ0v) is 17.1. The standard InChI is InChI=1S/C24H24N2O2S/c27-23(22-8-5-15-29-22)20-6-1-2-7-21(20)24(28)25-16-18-9-11-19(12-10-18)17-26-13-3-4-14-26/h1-2,5-12,15H,3-4,13-14,16-17H2,(H,25,28). The molecular formula is C24H24N2O2S. The van der Waals surface area contributed by atoms with Crippen molar-refractivity contribution in [3.05, 3.63) is 93.2 Å². The van der Waals surface area contributed by atoms with Crippen molar-refractivity contribution in [3.63, 3.8) is 0 Å². The van der Waals surface area contributed by atoms with Crippen LogP contribution >= 0.6 is 11.3 Å². The molecule has 1 aromatic heterocycles. The Morgan fingerprint density at radius 1 is 0.862 bits per heavy atom. The van der Waals surface area contributed by atoms with Crippen molar-refractivity contribution in [2.45, 2.75) is 25.9 Å². The number of amides is 1. The molecule has 0 saturated carbocycles. The van der Waals surface area contributed by atoms with Crippen molar-refractivity contribution in [1.29, 1.82) is 0 Å². The van der Waals surface area contributed by atoms with Crippen molar-refractivity contribution >= 4 is 23.0 Å². The molecule has 4 rings (SSSR count). The number of carbonyl (C=O) groups is 2. The number of likely N-dealkylation sites (tertiary alicyclic amines) is 1. The van der Waals surface area contributed by atoms with Crippen LogP contribution in [0.3, 0.4) is 0 Å². The number of thiophene rings is 1. The van der Waals surface area contributed by atoms with E-state index in [1.165, 1.54) is 42.8 Å². The molecule has 4 nitrogen and oxygen atoms in total. The van der Waals surface area contributed by atoms with Gasteiger partial charge in [0.05, 0.1) is 10.4 Å². The maximum absolute atomic E-state index is 12.7. The average Bonchev–Trinajstić information content (AvgIpc) is 3.47. The maximum atomic E-state index is 12.7. The smallest absolute Gasteiger partial charge is 0.252 e. The first kappa shape index (κ1) is 19.6. The Balaban J connectivity index is 1.39. The van der Waals surface area contributed by atoms with Crippen molar-refractivity contribution in [2.24, 2.45) is 0 Å². The monoisotopic (exact) mass is 404 g/mol. The van der Waals surface area contributed by atoms with Crippen LogP contribution in [0.5, 0.6) is 0 Å². The van der Waals surface area contributed by atoms with Crippen LogP contribution < -0.4 is 5.32 Å². The second kappa shape index (κ2) is 9.16. The van der Waals surface area contributed by atoms with Gasteiger partial charge in [-0.2, -0.15) is 0 Å². The number of rotatable bonds is 7. The van der Waals surface area contributed by atoms with Gasteiger partial charge in [-0.05, 0) is 54.6 Å². The molecule has 2 aromatic carbocycles. The van der Waals surface area contributed by atoms with Gasteiger partial charge in [0.2, 0.25) is 5.78 Å². The van der Waals surface area contributed by atoms with E-state index >= 15 is 0 Å². The number of ketones is 1. The summed E-state index contributed by atoms with van der Waals surface area (Å²) in [5, 5.41) is 4.81. The Morgan fingerprint density at radius 3 is 2.24 bits per heavy atom. The molecular weight excluding hydrogens is 380 g/mol. The number of hydrogen-bond donors (Lipinski definition) is 1. The SMILES string of the molecule is O=C(NCc1ccc(CN2CCCC2)cc1)c1ccccc1C(=O)c1cccs1. The predicted octanol–water partition coefficient (Wildman–Crippen LogP) is 4.50. The lowest BCUT2D eigenvalue weighted by Crippen LogP contribution is -2.25. The fraction of sp³-hybridized carbons (Fsp3) is 0.250. The van der Waals surface area contributed by atoms with Gasteiger partial charge in [-0.15, -0.1) is 11.3 Å². The minimum absolute atomic E-state index is 0.114. The summed E-state index contributed by atoms with van der Waals surface area (Å²) in [6.45, 7) is 3.79. The fourth-order valence-corrected chi connectivity index (χ4v) is 4.34. The highest BCUT2D eigenvalue weighted by molar-refractivity contribution is 7.12. The molecule has 0 atom stereocenters. The Labute approximate surface area is 175 Å². The van der Waals surface area contributed by atoms with Gasteiger partial charge in [0.25, 0.3) is 5.91 Å². The van der Waals surface area contributed by atoms with Crippen LogP contribution in [-0.4, -0.2) is 29.7 Å². The van der Waals surface area contributed by atoms with E-state index in [1.807, 2.05) is 11.4 Å². The Morgan fingerprint density at radius 2 is 1.55 bits per heavy atom. The molecule has 148 valence electrons. The van der Waals surface area contributed by atoms with E-state index in [9.17, 15) is 9.59 Å². The molecule has 3 aromatic rings. The second-order valence-corrected chi connectivity index (χ2v) is 8.28. The molecule has 2 heterocycles. The van der Waals surface area contributed by atoms with E-state index in [0.717, 1.165) is 12.1 Å². The lowest BCUT2D eigenvalue weighted by molar-refractivity contribution is 0.0940. The third-order valence-electron chi connectivity index (χ3n) is 5.24. The summed E-state index contributed by atoms with van der Waals surface area (Å²) in [7, 11) is 0. The van der Waals surface area contributed by atoms with Crippen LogP contribution in [0, 0.1) is 0 Å². The summed E-state index contributed by atoms with van der Waals surface area (Å²) < 4.78 is 0. The molecule has 1 aliphatic rings. The number of hydrogen-bond acceptors (Lipinski definition) is 4. The first-order valence-corrected chi connectivity index (χ1v) is 10.8. The zero-order chi connectivity index (χ0) is 20.1. The first-order valence-electron chi connectivity index (χ1n) is 9.96. The average molecular weight is 405 g/mol. The second-order valence-electron chi connectivity index (χ2n) is 7.33. The zero-order valence-electron chi connectivity index (χ0n) is 16.3. The molecule has 1 N–H and O–H groups in total. The first-order chi connectivity index (χ1) is 14.2. The highest BCUT2D eigenvalue weighted by Gasteiger charge is 2.18. The van der Waals surface area contributed by atoms with Crippen LogP contribution in [0.1, 0.15) is 49.6 Å². The molecule has 29 heavy (non-hydrogen) atoms. The van der Waals surface area contributed by atoms with Gasteiger partial charge in [-0.3, -0.25) is 14.5 Å². The topological polar surface area (TPSA) is 49.4 Å². The normalized spacial score (nSPS) is 14.1. The minimum atomic E-state index is -0.230. The highest BCUT2D eigenvalue weighted by atomic mass is 32.1. The summed E-state index contributed by atoms with van der Waals surface area (Å²) in [4.78, 5) is 28.6. The third-order valence-corrected chi connectivity index (χ3v) is 6.11. The van der Waals surface area contributed by atoms with Gasteiger partial charge in [-0.25, -0.2) is 0 Å². The number of carbonyl (C=O) groups excluding carboxylic acids is 2. The maximum Gasteiger partial charge on any atom is 0.252 e. The molecule has 1 amide bonds. The van der Waals surface area contributed by atoms with E-state index in [-0.39, 0.29) is 11.7 Å². The van der Waals surface area contributed by atoms with Gasteiger partial charge in [0, 0.05) is 18.7 Å². The summed E-state index contributed by atoms with van der Waals surface area (Å²) in [6, 6.07) is 19.0. The molecule has 0 bridgehead atoms. The Bertz CT molecular complexity index is 974. The van der Waals surface area contributed by atoms with Crippen LogP contribution in [0.4, 0.5) is 0 Å². The van der Waals surface area contributed by atoms with E-state index in [0.29, 0.717) is 22.5 Å². The number of benzene rings is 2. The summed E-state index contributed by atoms with van der Waals surface area (Å²) in [5.74, 6) is -0.344. The van der Waals surface area contributed by atoms with Crippen molar-refractivity contribution in [1.82, 2.24) is 10.2 Å². The molecule has 0 radical (unpaired) electrons. The van der Waals surface area contributed by atoms with Crippen LogP contribution in [0.2, 0.25) is 0 Å². The molecule has 1 aliphatic heterocycles. The molecule has 5 heteroatoms. The lowest BCUT2D eigenvalue weighted by atomic mass is 10.0. The quantitative estimate of drug-likeness (QED) is 0.590. The van der Waals surface area contributed by atoms with Crippen molar-refractivity contribution in [3.8, 4) is 0 Å². The number of nitrogens with zero attached hydrogens (tertiary/aromatic N) is 1. The summed E-state index contributed by atoms with van der Waals surface area (Å²) >= 11 is 1.38. The van der Waals surface area contributed by atoms with E-state index < -0.39 is 0 Å². The van der Waals surface area contributed by atoms with Crippen LogP contribution in [-0.2, 0) is 13.1 Å². The molecule has 1 fully saturated rings. The summed E-state index contributed by atoms with van der Waals surface area (Å²) in [6.07, 6.45) is 2.58. The van der Waals surface area contributed by atoms with Gasteiger partial charge in [0.1, 0.15) is 0 Å². The predicted molar refractivity (Wildman–Crippen MR) is 116 cm³/mol. The summed E-state index contributed by atoms with van der Waals surface area (Å²) in [5.41, 5.74) is 3.20. The third kappa shape index (κ3) is 4.81. The number of nitrogens with one attached hydrogen (secondary N) is 1. The van der Waals surface area contributed by atoms with Gasteiger partial charge in [0.15, 0.2) is 0 Å². The lowest BCUT2D eigenvalue weighted by Gasteiger charge is -2.15. The fourth-order valence-electron chi connectivity index (χ4n) is 3.66. The minimum Gasteiger partial charge on any atom is -0.348 e. The van der Waals surface area contributed by atoms with Gasteiger partial charge >= 0.3 is 0 Å². The molecule has 0 unspecified atom stereocenters. The largest absolute Gasteiger partial charge is 0.348 e. The van der Waals surface area contributed by atoms with Crippen LogP contribution in [0.15, 0.2) is 66.0 Å². The van der Waals surface area contributed by atoms with Crippen molar-refractivity contribution in [2.75, 3.05) is 13.1 Å². The van der Waals surface area contributed by atoms with Crippen molar-refractivity contribution < 1.29 is 9.59 Å². The Kier molecular flexibility index (Phi) is 6.17. The Hall–Kier alpha value is -2.76.